The minimum absolute atomic E-state index is 0.0624. The number of likely N-dealkylation sites (tertiary alicyclic amines) is 1. The number of hydrogen-bond donors (Lipinski definition) is 0. The highest BCUT2D eigenvalue weighted by atomic mass is 16.2. The lowest BCUT2D eigenvalue weighted by Crippen LogP contribution is -2.54. The Labute approximate surface area is 164 Å². The first-order chi connectivity index (χ1) is 13.6. The van der Waals surface area contributed by atoms with E-state index in [1.54, 1.807) is 17.4 Å². The van der Waals surface area contributed by atoms with E-state index in [-0.39, 0.29) is 17.4 Å². The fourth-order valence-corrected chi connectivity index (χ4v) is 4.18. The maximum Gasteiger partial charge on any atom is 0.274 e. The fraction of sp³-hybridized carbons (Fsp3) is 0.364. The summed E-state index contributed by atoms with van der Waals surface area (Å²) in [4.78, 5) is 31.7. The Morgan fingerprint density at radius 3 is 2.50 bits per heavy atom. The van der Waals surface area contributed by atoms with Crippen LogP contribution < -0.4 is 0 Å². The molecule has 0 radical (unpaired) electrons. The molecule has 28 heavy (non-hydrogen) atoms. The molecule has 6 heteroatoms. The van der Waals surface area contributed by atoms with Crippen LogP contribution in [-0.2, 0) is 11.2 Å². The van der Waals surface area contributed by atoms with Crippen molar-refractivity contribution < 1.29 is 9.59 Å². The number of benzene rings is 1. The second-order valence-electron chi connectivity index (χ2n) is 7.64. The summed E-state index contributed by atoms with van der Waals surface area (Å²) < 4.78 is 0. The molecule has 1 fully saturated rings. The average molecular weight is 376 g/mol. The zero-order valence-corrected chi connectivity index (χ0v) is 16.0. The van der Waals surface area contributed by atoms with E-state index in [0.29, 0.717) is 25.1 Å². The molecule has 0 aliphatic carbocycles. The lowest BCUT2D eigenvalue weighted by molar-refractivity contribution is -0.132. The number of rotatable bonds is 3. The Kier molecular flexibility index (Phi) is 4.94. The highest BCUT2D eigenvalue weighted by Crippen LogP contribution is 2.38. The number of pyridine rings is 1. The van der Waals surface area contributed by atoms with Gasteiger partial charge in [0.15, 0.2) is 0 Å². The zero-order chi connectivity index (χ0) is 19.6. The Bertz CT molecular complexity index is 887. The molecule has 3 heterocycles. The Hall–Kier alpha value is -3.02. The van der Waals surface area contributed by atoms with Crippen molar-refractivity contribution in [3.63, 3.8) is 0 Å². The number of amides is 2. The summed E-state index contributed by atoms with van der Waals surface area (Å²) in [5.41, 5.74) is 2.23. The van der Waals surface area contributed by atoms with Crippen LogP contribution in [0.5, 0.6) is 0 Å². The van der Waals surface area contributed by atoms with Crippen molar-refractivity contribution in [3.05, 3.63) is 66.0 Å². The van der Waals surface area contributed by atoms with Gasteiger partial charge in [-0.05, 0) is 43.5 Å². The van der Waals surface area contributed by atoms with Crippen LogP contribution >= 0.6 is 0 Å². The van der Waals surface area contributed by atoms with Crippen LogP contribution in [0.4, 0.5) is 0 Å². The van der Waals surface area contributed by atoms with Crippen molar-refractivity contribution in [2.24, 2.45) is 5.10 Å². The maximum absolute atomic E-state index is 13.1. The minimum Gasteiger partial charge on any atom is -0.342 e. The predicted octanol–water partition coefficient (Wildman–Crippen LogP) is 2.91. The third kappa shape index (κ3) is 3.54. The monoisotopic (exact) mass is 376 g/mol. The first kappa shape index (κ1) is 18.3. The van der Waals surface area contributed by atoms with E-state index in [1.165, 1.54) is 0 Å². The summed E-state index contributed by atoms with van der Waals surface area (Å²) in [5.74, 6) is 0.0482. The quantitative estimate of drug-likeness (QED) is 0.827. The molecule has 1 spiro atoms. The third-order valence-corrected chi connectivity index (χ3v) is 5.64. The van der Waals surface area contributed by atoms with E-state index in [4.69, 9.17) is 0 Å². The van der Waals surface area contributed by atoms with E-state index in [9.17, 15) is 9.59 Å². The van der Waals surface area contributed by atoms with Gasteiger partial charge < -0.3 is 4.90 Å². The lowest BCUT2D eigenvalue weighted by Gasteiger charge is -2.43. The van der Waals surface area contributed by atoms with Crippen molar-refractivity contribution in [1.29, 1.82) is 0 Å². The average Bonchev–Trinajstić information content (AvgIpc) is 3.04. The molecule has 0 atom stereocenters. The van der Waals surface area contributed by atoms with Gasteiger partial charge in [-0.25, -0.2) is 5.01 Å². The molecule has 0 saturated carbocycles. The van der Waals surface area contributed by atoms with Crippen molar-refractivity contribution in [2.45, 2.75) is 38.1 Å². The number of carbonyl (C=O) groups is 2. The summed E-state index contributed by atoms with van der Waals surface area (Å²) in [7, 11) is 0. The molecular weight excluding hydrogens is 352 g/mol. The zero-order valence-electron chi connectivity index (χ0n) is 16.0. The van der Waals surface area contributed by atoms with Crippen molar-refractivity contribution in [3.8, 4) is 0 Å². The Balaban J connectivity index is 1.45. The Morgan fingerprint density at radius 2 is 1.82 bits per heavy atom. The second kappa shape index (κ2) is 7.54. The van der Waals surface area contributed by atoms with Crippen LogP contribution in [0.3, 0.4) is 0 Å². The van der Waals surface area contributed by atoms with Gasteiger partial charge in [-0.3, -0.25) is 14.6 Å². The van der Waals surface area contributed by atoms with Gasteiger partial charge in [0.1, 0.15) is 0 Å². The number of nitrogens with zero attached hydrogens (tertiary/aromatic N) is 4. The molecule has 0 unspecified atom stereocenters. The van der Waals surface area contributed by atoms with Crippen molar-refractivity contribution in [2.75, 3.05) is 13.1 Å². The van der Waals surface area contributed by atoms with Crippen LogP contribution in [0, 0.1) is 0 Å². The van der Waals surface area contributed by atoms with Gasteiger partial charge in [-0.2, -0.15) is 5.10 Å². The number of hydrazone groups is 1. The number of piperidine rings is 1. The van der Waals surface area contributed by atoms with Gasteiger partial charge in [0.25, 0.3) is 5.91 Å². The third-order valence-electron chi connectivity index (χ3n) is 5.64. The highest BCUT2D eigenvalue weighted by molar-refractivity contribution is 5.98. The number of aromatic nitrogens is 1. The molecule has 0 bridgehead atoms. The SMILES string of the molecule is CC1=NN(C(=O)c2ccccc2)C2(CCN(C(=O)Cc3cccnc3)CC2)C1. The van der Waals surface area contributed by atoms with Gasteiger partial charge in [-0.15, -0.1) is 0 Å². The molecule has 2 aliphatic rings. The van der Waals surface area contributed by atoms with Crippen LogP contribution in [0.25, 0.3) is 0 Å². The van der Waals surface area contributed by atoms with Gasteiger partial charge in [0.2, 0.25) is 5.91 Å². The molecule has 1 aromatic heterocycles. The van der Waals surface area contributed by atoms with Crippen LogP contribution in [0.15, 0.2) is 60.0 Å². The summed E-state index contributed by atoms with van der Waals surface area (Å²) >= 11 is 0. The number of hydrogen-bond acceptors (Lipinski definition) is 4. The van der Waals surface area contributed by atoms with Crippen molar-refractivity contribution in [1.82, 2.24) is 14.9 Å². The van der Waals surface area contributed by atoms with E-state index in [1.807, 2.05) is 54.3 Å². The summed E-state index contributed by atoms with van der Waals surface area (Å²) in [6.45, 7) is 3.25. The van der Waals surface area contributed by atoms with E-state index in [2.05, 4.69) is 10.1 Å². The summed E-state index contributed by atoms with van der Waals surface area (Å²) in [6.07, 6.45) is 6.06. The fourth-order valence-electron chi connectivity index (χ4n) is 4.18. The molecule has 144 valence electrons. The second-order valence-corrected chi connectivity index (χ2v) is 7.64. The van der Waals surface area contributed by atoms with Gasteiger partial charge >= 0.3 is 0 Å². The Morgan fingerprint density at radius 1 is 1.07 bits per heavy atom. The first-order valence-electron chi connectivity index (χ1n) is 9.68. The minimum atomic E-state index is -0.317. The topological polar surface area (TPSA) is 65.9 Å². The molecule has 2 amide bonds. The molecule has 6 nitrogen and oxygen atoms in total. The summed E-state index contributed by atoms with van der Waals surface area (Å²) in [5, 5.41) is 6.25. The first-order valence-corrected chi connectivity index (χ1v) is 9.68. The number of carbonyl (C=O) groups excluding carboxylic acids is 2. The standard InChI is InChI=1S/C22H24N4O2/c1-17-15-22(26(24-17)21(28)19-7-3-2-4-8-19)9-12-25(13-10-22)20(27)14-18-6-5-11-23-16-18/h2-8,11,16H,9-10,12-15H2,1H3. The molecule has 2 aliphatic heterocycles. The molecule has 1 aromatic carbocycles. The normalized spacial score (nSPS) is 18.2. The lowest BCUT2D eigenvalue weighted by atomic mass is 9.83. The van der Waals surface area contributed by atoms with Crippen molar-refractivity contribution >= 4 is 17.5 Å². The molecule has 0 N–H and O–H groups in total. The smallest absolute Gasteiger partial charge is 0.274 e. The highest BCUT2D eigenvalue weighted by Gasteiger charge is 2.47. The van der Waals surface area contributed by atoms with Gasteiger partial charge in [0, 0.05) is 43.2 Å². The summed E-state index contributed by atoms with van der Waals surface area (Å²) in [6, 6.07) is 13.1. The molecule has 1 saturated heterocycles. The largest absolute Gasteiger partial charge is 0.342 e. The van der Waals surface area contributed by atoms with Crippen LogP contribution in [0.1, 0.15) is 42.1 Å². The predicted molar refractivity (Wildman–Crippen MR) is 107 cm³/mol. The van der Waals surface area contributed by atoms with Crippen LogP contribution in [0.2, 0.25) is 0 Å². The van der Waals surface area contributed by atoms with Gasteiger partial charge in [0.05, 0.1) is 12.0 Å². The molecular formula is C22H24N4O2. The van der Waals surface area contributed by atoms with Gasteiger partial charge in [-0.1, -0.05) is 24.3 Å². The van der Waals surface area contributed by atoms with E-state index in [0.717, 1.165) is 30.5 Å². The van der Waals surface area contributed by atoms with E-state index >= 15 is 0 Å². The molecule has 4 rings (SSSR count). The maximum atomic E-state index is 13.1. The van der Waals surface area contributed by atoms with E-state index < -0.39 is 0 Å². The van der Waals surface area contributed by atoms with Crippen LogP contribution in [-0.4, -0.2) is 51.0 Å². The molecule has 2 aromatic rings.